The Labute approximate surface area is 171 Å². The van der Waals surface area contributed by atoms with Gasteiger partial charge in [-0.25, -0.2) is 4.68 Å². The van der Waals surface area contributed by atoms with Gasteiger partial charge in [-0.15, -0.1) is 5.10 Å². The lowest BCUT2D eigenvalue weighted by atomic mass is 9.97. The number of hydrogen-bond donors (Lipinski definition) is 0. The molecule has 0 N–H and O–H groups in total. The van der Waals surface area contributed by atoms with Crippen LogP contribution in [-0.2, 0) is 17.7 Å². The molecule has 0 bridgehead atoms. The second-order valence-corrected chi connectivity index (χ2v) is 8.70. The molecule has 3 heterocycles. The van der Waals surface area contributed by atoms with E-state index in [1.54, 1.807) is 0 Å². The lowest BCUT2D eigenvalue weighted by Gasteiger charge is -2.32. The van der Waals surface area contributed by atoms with E-state index in [4.69, 9.17) is 4.74 Å². The molecular weight excluding hydrogens is 366 g/mol. The normalized spacial score (nSPS) is 22.6. The number of carbonyl (C=O) groups excluding carboxylic acids is 1. The van der Waals surface area contributed by atoms with Crippen LogP contribution in [0.1, 0.15) is 47.1 Å². The largest absolute Gasteiger partial charge is 0.377 e. The van der Waals surface area contributed by atoms with Crippen molar-refractivity contribution < 1.29 is 9.53 Å². The molecule has 1 aromatic carbocycles. The SMILES string of the molecule is Cc1c(C(=O)N2CCOCC2C)nnn1-c1cccc2c1CCN(CC1CC1)C2. The van der Waals surface area contributed by atoms with Crippen molar-refractivity contribution in [2.45, 2.75) is 45.7 Å². The Bertz CT molecular complexity index is 920. The smallest absolute Gasteiger partial charge is 0.276 e. The Morgan fingerprint density at radius 3 is 2.93 bits per heavy atom. The van der Waals surface area contributed by atoms with Crippen molar-refractivity contribution in [3.05, 3.63) is 40.7 Å². The molecule has 2 aliphatic heterocycles. The third-order valence-electron chi connectivity index (χ3n) is 6.49. The van der Waals surface area contributed by atoms with Crippen LogP contribution in [0.25, 0.3) is 5.69 Å². The second-order valence-electron chi connectivity index (χ2n) is 8.70. The summed E-state index contributed by atoms with van der Waals surface area (Å²) in [5.41, 5.74) is 5.03. The van der Waals surface area contributed by atoms with Crippen molar-refractivity contribution in [3.8, 4) is 5.69 Å². The zero-order chi connectivity index (χ0) is 20.0. The molecule has 1 amide bonds. The molecule has 2 fully saturated rings. The van der Waals surface area contributed by atoms with Crippen molar-refractivity contribution in [3.63, 3.8) is 0 Å². The maximum Gasteiger partial charge on any atom is 0.276 e. The summed E-state index contributed by atoms with van der Waals surface area (Å²) in [7, 11) is 0. The van der Waals surface area contributed by atoms with E-state index in [2.05, 4.69) is 33.4 Å². The number of aromatic nitrogens is 3. The molecule has 1 aliphatic carbocycles. The molecule has 3 aliphatic rings. The van der Waals surface area contributed by atoms with Gasteiger partial charge in [0.1, 0.15) is 0 Å². The summed E-state index contributed by atoms with van der Waals surface area (Å²) in [6.07, 6.45) is 3.79. The molecule has 2 aromatic rings. The number of fused-ring (bicyclic) bond motifs is 1. The van der Waals surface area contributed by atoms with Crippen LogP contribution in [0, 0.1) is 12.8 Å². The fourth-order valence-corrected chi connectivity index (χ4v) is 4.59. The first-order valence-corrected chi connectivity index (χ1v) is 10.8. The Morgan fingerprint density at radius 1 is 1.28 bits per heavy atom. The minimum absolute atomic E-state index is 0.0510. The first kappa shape index (κ1) is 18.8. The number of ether oxygens (including phenoxy) is 1. The van der Waals surface area contributed by atoms with E-state index in [-0.39, 0.29) is 11.9 Å². The summed E-state index contributed by atoms with van der Waals surface area (Å²) in [6.45, 7) is 9.02. The van der Waals surface area contributed by atoms with E-state index in [1.165, 1.54) is 30.5 Å². The highest BCUT2D eigenvalue weighted by Gasteiger charge is 2.30. The molecule has 1 saturated carbocycles. The number of morpholine rings is 1. The minimum Gasteiger partial charge on any atom is -0.377 e. The van der Waals surface area contributed by atoms with Crippen LogP contribution in [0.2, 0.25) is 0 Å². The van der Waals surface area contributed by atoms with Crippen molar-refractivity contribution in [2.75, 3.05) is 32.8 Å². The Kier molecular flexibility index (Phi) is 4.87. The van der Waals surface area contributed by atoms with Gasteiger partial charge in [0.15, 0.2) is 5.69 Å². The monoisotopic (exact) mass is 395 g/mol. The minimum atomic E-state index is -0.0510. The highest BCUT2D eigenvalue weighted by atomic mass is 16.5. The van der Waals surface area contributed by atoms with Gasteiger partial charge in [-0.2, -0.15) is 0 Å². The van der Waals surface area contributed by atoms with Crippen LogP contribution in [0.15, 0.2) is 18.2 Å². The third-order valence-corrected chi connectivity index (χ3v) is 6.49. The fourth-order valence-electron chi connectivity index (χ4n) is 4.59. The summed E-state index contributed by atoms with van der Waals surface area (Å²) in [6, 6.07) is 6.48. The average molecular weight is 396 g/mol. The number of amides is 1. The first-order chi connectivity index (χ1) is 14.1. The van der Waals surface area contributed by atoms with Crippen LogP contribution in [0.4, 0.5) is 0 Å². The van der Waals surface area contributed by atoms with E-state index in [0.29, 0.717) is 25.5 Å². The zero-order valence-corrected chi connectivity index (χ0v) is 17.3. The molecule has 1 atom stereocenters. The molecule has 7 nitrogen and oxygen atoms in total. The van der Waals surface area contributed by atoms with Crippen LogP contribution < -0.4 is 0 Å². The first-order valence-electron chi connectivity index (χ1n) is 10.8. The summed E-state index contributed by atoms with van der Waals surface area (Å²) < 4.78 is 7.32. The van der Waals surface area contributed by atoms with Crippen molar-refractivity contribution in [1.82, 2.24) is 24.8 Å². The number of benzene rings is 1. The van der Waals surface area contributed by atoms with Gasteiger partial charge in [0, 0.05) is 26.2 Å². The van der Waals surface area contributed by atoms with Gasteiger partial charge in [0.25, 0.3) is 5.91 Å². The van der Waals surface area contributed by atoms with Crippen LogP contribution in [-0.4, -0.2) is 69.6 Å². The molecule has 0 spiro atoms. The summed E-state index contributed by atoms with van der Waals surface area (Å²) in [5.74, 6) is 0.860. The maximum atomic E-state index is 13.1. The maximum absolute atomic E-state index is 13.1. The molecular formula is C22H29N5O2. The van der Waals surface area contributed by atoms with Gasteiger partial charge in [-0.1, -0.05) is 17.3 Å². The Morgan fingerprint density at radius 2 is 2.14 bits per heavy atom. The molecule has 7 heteroatoms. The third kappa shape index (κ3) is 3.57. The second kappa shape index (κ2) is 7.54. The van der Waals surface area contributed by atoms with Gasteiger partial charge in [0.2, 0.25) is 0 Å². The molecule has 1 unspecified atom stereocenters. The van der Waals surface area contributed by atoms with Gasteiger partial charge < -0.3 is 9.64 Å². The van der Waals surface area contributed by atoms with Gasteiger partial charge in [-0.05, 0) is 56.2 Å². The molecule has 1 aromatic heterocycles. The number of hydrogen-bond acceptors (Lipinski definition) is 5. The van der Waals surface area contributed by atoms with E-state index >= 15 is 0 Å². The number of nitrogens with zero attached hydrogens (tertiary/aromatic N) is 5. The van der Waals surface area contributed by atoms with Gasteiger partial charge in [0.05, 0.1) is 30.6 Å². The van der Waals surface area contributed by atoms with Crippen molar-refractivity contribution in [2.24, 2.45) is 5.92 Å². The standard InChI is InChI=1S/C22H29N5O2/c1-15-14-29-11-10-26(15)22(28)21-16(2)27(24-23-21)20-5-3-4-18-13-25(9-8-19(18)20)12-17-6-7-17/h3-5,15,17H,6-14H2,1-2H3. The van der Waals surface area contributed by atoms with Crippen LogP contribution >= 0.6 is 0 Å². The van der Waals surface area contributed by atoms with Crippen LogP contribution in [0.3, 0.4) is 0 Å². The molecule has 29 heavy (non-hydrogen) atoms. The van der Waals surface area contributed by atoms with Crippen LogP contribution in [0.5, 0.6) is 0 Å². The predicted molar refractivity (Wildman–Crippen MR) is 109 cm³/mol. The number of rotatable bonds is 4. The number of carbonyl (C=O) groups is 1. The molecule has 5 rings (SSSR count). The van der Waals surface area contributed by atoms with Crippen molar-refractivity contribution in [1.29, 1.82) is 0 Å². The highest BCUT2D eigenvalue weighted by Crippen LogP contribution is 2.32. The van der Waals surface area contributed by atoms with Crippen molar-refractivity contribution >= 4 is 5.91 Å². The summed E-state index contributed by atoms with van der Waals surface area (Å²) >= 11 is 0. The fraction of sp³-hybridized carbons (Fsp3) is 0.591. The van der Waals surface area contributed by atoms with E-state index in [0.717, 1.165) is 36.8 Å². The summed E-state index contributed by atoms with van der Waals surface area (Å²) in [5, 5.41) is 8.67. The lowest BCUT2D eigenvalue weighted by molar-refractivity contribution is 0.00322. The quantitative estimate of drug-likeness (QED) is 0.794. The summed E-state index contributed by atoms with van der Waals surface area (Å²) in [4.78, 5) is 17.5. The molecule has 1 saturated heterocycles. The predicted octanol–water partition coefficient (Wildman–Crippen LogP) is 2.20. The van der Waals surface area contributed by atoms with Gasteiger partial charge in [-0.3, -0.25) is 9.69 Å². The van der Waals surface area contributed by atoms with E-state index in [1.807, 2.05) is 23.4 Å². The van der Waals surface area contributed by atoms with E-state index < -0.39 is 0 Å². The molecule has 0 radical (unpaired) electrons. The zero-order valence-electron chi connectivity index (χ0n) is 17.3. The molecule has 154 valence electrons. The van der Waals surface area contributed by atoms with E-state index in [9.17, 15) is 4.79 Å². The lowest BCUT2D eigenvalue weighted by Crippen LogP contribution is -2.47. The Balaban J connectivity index is 1.41. The van der Waals surface area contributed by atoms with Gasteiger partial charge >= 0.3 is 0 Å². The topological polar surface area (TPSA) is 63.5 Å². The average Bonchev–Trinajstić information content (AvgIpc) is 3.46. The Hall–Kier alpha value is -2.25. The highest BCUT2D eigenvalue weighted by molar-refractivity contribution is 5.93.